The van der Waals surface area contributed by atoms with E-state index in [2.05, 4.69) is 27.4 Å². The highest BCUT2D eigenvalue weighted by molar-refractivity contribution is 9.11. The van der Waals surface area contributed by atoms with E-state index < -0.39 is 0 Å². The number of rotatable bonds is 7. The highest BCUT2D eigenvalue weighted by Gasteiger charge is 2.14. The normalized spacial score (nSPS) is 10.9. The van der Waals surface area contributed by atoms with E-state index in [0.29, 0.717) is 24.5 Å². The van der Waals surface area contributed by atoms with E-state index >= 15 is 0 Å². The van der Waals surface area contributed by atoms with Gasteiger partial charge in [0.1, 0.15) is 5.75 Å². The third kappa shape index (κ3) is 4.66. The molecule has 5 heteroatoms. The SMILES string of the molecule is CCOc1ccccc1C(=O)CN(C)Cc1csc(Br)c1. The van der Waals surface area contributed by atoms with Gasteiger partial charge in [0, 0.05) is 6.54 Å². The van der Waals surface area contributed by atoms with E-state index in [1.807, 2.05) is 43.1 Å². The molecule has 2 rings (SSSR count). The first-order valence-corrected chi connectivity index (χ1v) is 8.44. The van der Waals surface area contributed by atoms with Gasteiger partial charge in [-0.3, -0.25) is 9.69 Å². The van der Waals surface area contributed by atoms with Crippen LogP contribution in [0.15, 0.2) is 39.5 Å². The molecule has 0 amide bonds. The maximum Gasteiger partial charge on any atom is 0.180 e. The highest BCUT2D eigenvalue weighted by Crippen LogP contribution is 2.22. The first-order valence-electron chi connectivity index (χ1n) is 6.76. The molecule has 0 bridgehead atoms. The highest BCUT2D eigenvalue weighted by atomic mass is 79.9. The van der Waals surface area contributed by atoms with Crippen molar-refractivity contribution in [2.24, 2.45) is 0 Å². The van der Waals surface area contributed by atoms with Crippen molar-refractivity contribution in [3.8, 4) is 5.75 Å². The largest absolute Gasteiger partial charge is 0.493 e. The maximum atomic E-state index is 12.4. The van der Waals surface area contributed by atoms with Crippen molar-refractivity contribution in [1.82, 2.24) is 4.90 Å². The number of nitrogens with zero attached hydrogens (tertiary/aromatic N) is 1. The molecule has 0 unspecified atom stereocenters. The van der Waals surface area contributed by atoms with Gasteiger partial charge >= 0.3 is 0 Å². The number of thiophene rings is 1. The number of carbonyl (C=O) groups is 1. The predicted molar refractivity (Wildman–Crippen MR) is 90.3 cm³/mol. The van der Waals surface area contributed by atoms with Gasteiger partial charge in [-0.05, 0) is 59.0 Å². The van der Waals surface area contributed by atoms with Gasteiger partial charge in [0.05, 0.1) is 22.5 Å². The molecule has 0 atom stereocenters. The van der Waals surface area contributed by atoms with Crippen molar-refractivity contribution >= 4 is 33.0 Å². The number of halogens is 1. The molecule has 1 aromatic carbocycles. The minimum Gasteiger partial charge on any atom is -0.493 e. The van der Waals surface area contributed by atoms with E-state index in [-0.39, 0.29) is 5.78 Å². The third-order valence-corrected chi connectivity index (χ3v) is 4.53. The topological polar surface area (TPSA) is 29.5 Å². The molecule has 0 saturated heterocycles. The smallest absolute Gasteiger partial charge is 0.180 e. The number of carbonyl (C=O) groups excluding carboxylic acids is 1. The molecular formula is C16H18BrNO2S. The summed E-state index contributed by atoms with van der Waals surface area (Å²) in [6, 6.07) is 9.50. The Morgan fingerprint density at radius 1 is 1.38 bits per heavy atom. The second kappa shape index (κ2) is 7.73. The van der Waals surface area contributed by atoms with Crippen molar-refractivity contribution in [2.75, 3.05) is 20.2 Å². The zero-order valence-corrected chi connectivity index (χ0v) is 14.5. The molecular weight excluding hydrogens is 350 g/mol. The summed E-state index contributed by atoms with van der Waals surface area (Å²) in [5, 5.41) is 2.10. The van der Waals surface area contributed by atoms with Crippen molar-refractivity contribution in [2.45, 2.75) is 13.5 Å². The van der Waals surface area contributed by atoms with E-state index in [0.717, 1.165) is 10.3 Å². The summed E-state index contributed by atoms with van der Waals surface area (Å²) in [6.45, 7) is 3.60. The van der Waals surface area contributed by atoms with Gasteiger partial charge in [0.2, 0.25) is 0 Å². The van der Waals surface area contributed by atoms with Crippen molar-refractivity contribution < 1.29 is 9.53 Å². The van der Waals surface area contributed by atoms with E-state index in [1.165, 1.54) is 5.56 Å². The number of ketones is 1. The minimum atomic E-state index is 0.0795. The van der Waals surface area contributed by atoms with Crippen LogP contribution in [-0.4, -0.2) is 30.9 Å². The lowest BCUT2D eigenvalue weighted by molar-refractivity contribution is 0.0939. The number of likely N-dealkylation sites (N-methyl/N-ethyl adjacent to an activating group) is 1. The number of hydrogen-bond donors (Lipinski definition) is 0. The zero-order chi connectivity index (χ0) is 15.2. The molecule has 112 valence electrons. The standard InChI is InChI=1S/C16H18BrNO2S/c1-3-20-15-7-5-4-6-13(15)14(19)10-18(2)9-12-8-16(17)21-11-12/h4-8,11H,3,9-10H2,1-2H3. The Morgan fingerprint density at radius 2 is 2.14 bits per heavy atom. The molecule has 0 aliphatic rings. The van der Waals surface area contributed by atoms with Crippen LogP contribution in [0.3, 0.4) is 0 Å². The lowest BCUT2D eigenvalue weighted by Gasteiger charge is -2.16. The summed E-state index contributed by atoms with van der Waals surface area (Å²) in [6.07, 6.45) is 0. The lowest BCUT2D eigenvalue weighted by Crippen LogP contribution is -2.25. The first kappa shape index (κ1) is 16.2. The Hall–Kier alpha value is -1.17. The first-order chi connectivity index (χ1) is 10.1. The van der Waals surface area contributed by atoms with Crippen LogP contribution in [0.25, 0.3) is 0 Å². The van der Waals surface area contributed by atoms with Crippen LogP contribution < -0.4 is 4.74 Å². The van der Waals surface area contributed by atoms with E-state index in [1.54, 1.807) is 11.3 Å². The second-order valence-corrected chi connectivity index (χ2v) is 7.07. The van der Waals surface area contributed by atoms with Crippen LogP contribution in [-0.2, 0) is 6.54 Å². The zero-order valence-electron chi connectivity index (χ0n) is 12.1. The van der Waals surface area contributed by atoms with Gasteiger partial charge in [-0.1, -0.05) is 12.1 Å². The summed E-state index contributed by atoms with van der Waals surface area (Å²) in [4.78, 5) is 14.4. The maximum absolute atomic E-state index is 12.4. The summed E-state index contributed by atoms with van der Waals surface area (Å²) in [5.74, 6) is 0.743. The number of para-hydroxylation sites is 1. The Balaban J connectivity index is 2.00. The van der Waals surface area contributed by atoms with Gasteiger partial charge < -0.3 is 4.74 Å². The Kier molecular flexibility index (Phi) is 5.96. The molecule has 1 heterocycles. The van der Waals surface area contributed by atoms with Gasteiger partial charge in [-0.15, -0.1) is 11.3 Å². The Bertz CT molecular complexity index is 612. The van der Waals surface area contributed by atoms with Gasteiger partial charge in [-0.2, -0.15) is 0 Å². The monoisotopic (exact) mass is 367 g/mol. The fraction of sp³-hybridized carbons (Fsp3) is 0.312. The Morgan fingerprint density at radius 3 is 2.81 bits per heavy atom. The molecule has 3 nitrogen and oxygen atoms in total. The van der Waals surface area contributed by atoms with Crippen LogP contribution in [0.4, 0.5) is 0 Å². The van der Waals surface area contributed by atoms with Crippen LogP contribution in [0.5, 0.6) is 5.75 Å². The summed E-state index contributed by atoms with van der Waals surface area (Å²) >= 11 is 5.11. The average Bonchev–Trinajstić information content (AvgIpc) is 2.84. The molecule has 0 aliphatic carbocycles. The molecule has 0 N–H and O–H groups in total. The molecule has 1 aromatic heterocycles. The average molecular weight is 368 g/mol. The molecule has 0 fully saturated rings. The van der Waals surface area contributed by atoms with Crippen LogP contribution in [0.2, 0.25) is 0 Å². The van der Waals surface area contributed by atoms with Crippen LogP contribution in [0.1, 0.15) is 22.8 Å². The molecule has 0 saturated carbocycles. The third-order valence-electron chi connectivity index (χ3n) is 2.98. The quantitative estimate of drug-likeness (QED) is 0.686. The molecule has 0 aliphatic heterocycles. The van der Waals surface area contributed by atoms with Crippen LogP contribution in [0, 0.1) is 0 Å². The van der Waals surface area contributed by atoms with Crippen LogP contribution >= 0.6 is 27.3 Å². The van der Waals surface area contributed by atoms with Crippen molar-refractivity contribution in [1.29, 1.82) is 0 Å². The summed E-state index contributed by atoms with van der Waals surface area (Å²) in [7, 11) is 1.95. The predicted octanol–water partition coefficient (Wildman–Crippen LogP) is 4.22. The Labute approximate surface area is 137 Å². The van der Waals surface area contributed by atoms with E-state index in [9.17, 15) is 4.79 Å². The number of hydrogen-bond acceptors (Lipinski definition) is 4. The summed E-state index contributed by atoms with van der Waals surface area (Å²) in [5.41, 5.74) is 1.86. The molecule has 0 spiro atoms. The summed E-state index contributed by atoms with van der Waals surface area (Å²) < 4.78 is 6.63. The number of Topliss-reactive ketones (excluding diaryl/α,β-unsaturated/α-hetero) is 1. The lowest BCUT2D eigenvalue weighted by atomic mass is 10.1. The van der Waals surface area contributed by atoms with Gasteiger partial charge in [-0.25, -0.2) is 0 Å². The van der Waals surface area contributed by atoms with E-state index in [4.69, 9.17) is 4.74 Å². The molecule has 0 radical (unpaired) electrons. The second-order valence-electron chi connectivity index (χ2n) is 4.78. The van der Waals surface area contributed by atoms with Crippen molar-refractivity contribution in [3.05, 3.63) is 50.6 Å². The van der Waals surface area contributed by atoms with Gasteiger partial charge in [0.15, 0.2) is 5.78 Å². The fourth-order valence-corrected chi connectivity index (χ4v) is 3.31. The minimum absolute atomic E-state index is 0.0795. The number of benzene rings is 1. The van der Waals surface area contributed by atoms with Crippen molar-refractivity contribution in [3.63, 3.8) is 0 Å². The fourth-order valence-electron chi connectivity index (χ4n) is 2.10. The molecule has 2 aromatic rings. The molecule has 21 heavy (non-hydrogen) atoms. The number of ether oxygens (including phenoxy) is 1. The van der Waals surface area contributed by atoms with Gasteiger partial charge in [0.25, 0.3) is 0 Å².